The number of rotatable bonds is 5. The van der Waals surface area contributed by atoms with Gasteiger partial charge in [0.15, 0.2) is 0 Å². The quantitative estimate of drug-likeness (QED) is 0.483. The van der Waals surface area contributed by atoms with Gasteiger partial charge in [-0.25, -0.2) is 14.5 Å². The predicted molar refractivity (Wildman–Crippen MR) is 132 cm³/mol. The normalized spacial score (nSPS) is 20.8. The molecule has 8 rings (SSSR count). The molecule has 0 radical (unpaired) electrons. The van der Waals surface area contributed by atoms with Gasteiger partial charge in [-0.15, -0.1) is 0 Å². The molecule has 2 unspecified atom stereocenters. The molecule has 35 heavy (non-hydrogen) atoms. The van der Waals surface area contributed by atoms with Gasteiger partial charge in [-0.1, -0.05) is 6.07 Å². The van der Waals surface area contributed by atoms with Gasteiger partial charge < -0.3 is 14.7 Å². The van der Waals surface area contributed by atoms with E-state index < -0.39 is 0 Å². The van der Waals surface area contributed by atoms with Gasteiger partial charge in [0.25, 0.3) is 0 Å². The Morgan fingerprint density at radius 3 is 2.71 bits per heavy atom. The van der Waals surface area contributed by atoms with E-state index in [1.54, 1.807) is 23.9 Å². The number of hydrogen-bond acceptors (Lipinski definition) is 8. The van der Waals surface area contributed by atoms with Gasteiger partial charge in [-0.2, -0.15) is 5.10 Å². The minimum atomic E-state index is 0.179. The van der Waals surface area contributed by atoms with Crippen molar-refractivity contribution in [2.75, 3.05) is 25.1 Å². The van der Waals surface area contributed by atoms with E-state index in [0.29, 0.717) is 24.5 Å². The lowest BCUT2D eigenvalue weighted by atomic mass is 9.87. The van der Waals surface area contributed by atoms with Gasteiger partial charge in [-0.3, -0.25) is 9.89 Å². The van der Waals surface area contributed by atoms with Crippen molar-refractivity contribution in [2.24, 2.45) is 4.99 Å². The standard InChI is InChI=1S/C26H25N7O2/c1-35-25-5-2-16(8-29-25)12-32-18-6-19(32)14-31(13-18)24-4-3-17(9-28-24)21-7-20(34)15-33-26(21)22-10-27-11-23(22)30-33/h2-5,7-10,15,18-19,34H,6,11-14H2,1H3. The van der Waals surface area contributed by atoms with Gasteiger partial charge in [0.1, 0.15) is 11.6 Å². The summed E-state index contributed by atoms with van der Waals surface area (Å²) in [6.45, 7) is 3.43. The second kappa shape index (κ2) is 7.78. The Morgan fingerprint density at radius 2 is 1.97 bits per heavy atom. The second-order valence-electron chi connectivity index (χ2n) is 9.47. The molecule has 2 bridgehead atoms. The average Bonchev–Trinajstić information content (AvgIpc) is 3.48. The van der Waals surface area contributed by atoms with Crippen LogP contribution in [-0.4, -0.2) is 68.1 Å². The number of piperidine rings is 1. The molecule has 3 fully saturated rings. The zero-order valence-corrected chi connectivity index (χ0v) is 19.4. The zero-order chi connectivity index (χ0) is 23.5. The molecule has 4 aliphatic rings. The Kier molecular flexibility index (Phi) is 4.53. The summed E-state index contributed by atoms with van der Waals surface area (Å²) in [7, 11) is 1.64. The van der Waals surface area contributed by atoms with Gasteiger partial charge in [0, 0.05) is 73.1 Å². The summed E-state index contributed by atoms with van der Waals surface area (Å²) in [6, 6.07) is 11.0. The fourth-order valence-electron chi connectivity index (χ4n) is 5.63. The third kappa shape index (κ3) is 3.34. The van der Waals surface area contributed by atoms with Crippen molar-refractivity contribution in [3.05, 3.63) is 65.7 Å². The summed E-state index contributed by atoms with van der Waals surface area (Å²) in [5.41, 5.74) is 5.98. The van der Waals surface area contributed by atoms with Crippen molar-refractivity contribution < 1.29 is 9.84 Å². The first-order chi connectivity index (χ1) is 17.2. The van der Waals surface area contributed by atoms with Crippen LogP contribution in [0.25, 0.3) is 16.6 Å². The molecule has 0 saturated carbocycles. The van der Waals surface area contributed by atoms with Crippen LogP contribution in [0.3, 0.4) is 0 Å². The molecule has 3 saturated heterocycles. The van der Waals surface area contributed by atoms with Crippen molar-refractivity contribution >= 4 is 17.5 Å². The number of anilines is 1. The zero-order valence-electron chi connectivity index (χ0n) is 19.4. The van der Waals surface area contributed by atoms with Crippen LogP contribution in [0.2, 0.25) is 0 Å². The lowest BCUT2D eigenvalue weighted by molar-refractivity contribution is -0.00876. The van der Waals surface area contributed by atoms with Crippen LogP contribution in [0, 0.1) is 0 Å². The first-order valence-corrected chi connectivity index (χ1v) is 11.9. The van der Waals surface area contributed by atoms with Crippen LogP contribution in [-0.2, 0) is 13.1 Å². The Bertz CT molecular complexity index is 1430. The van der Waals surface area contributed by atoms with E-state index in [1.165, 1.54) is 12.0 Å². The van der Waals surface area contributed by atoms with Gasteiger partial charge in [0.05, 0.1) is 31.1 Å². The fourth-order valence-corrected chi connectivity index (χ4v) is 5.63. The number of nitrogens with zero attached hydrogens (tertiary/aromatic N) is 7. The average molecular weight is 468 g/mol. The lowest BCUT2D eigenvalue weighted by Gasteiger charge is -2.56. The van der Waals surface area contributed by atoms with Crippen LogP contribution < -0.4 is 9.64 Å². The Hall–Kier alpha value is -3.98. The third-order valence-electron chi connectivity index (χ3n) is 7.39. The van der Waals surface area contributed by atoms with E-state index in [0.717, 1.165) is 53.4 Å². The molecule has 1 N–H and O–H groups in total. The molecule has 0 aliphatic carbocycles. The van der Waals surface area contributed by atoms with E-state index in [2.05, 4.69) is 43.1 Å². The molecule has 9 heteroatoms. The lowest BCUT2D eigenvalue weighted by Crippen LogP contribution is -2.68. The number of pyridine rings is 3. The number of aromatic hydroxyl groups is 1. The van der Waals surface area contributed by atoms with Crippen molar-refractivity contribution in [1.29, 1.82) is 0 Å². The second-order valence-corrected chi connectivity index (χ2v) is 9.47. The first kappa shape index (κ1) is 20.4. The first-order valence-electron chi connectivity index (χ1n) is 11.9. The molecule has 2 atom stereocenters. The number of ether oxygens (including phenoxy) is 1. The number of aliphatic imine (C=N–C) groups is 1. The Balaban J connectivity index is 1.09. The maximum atomic E-state index is 10.3. The third-order valence-corrected chi connectivity index (χ3v) is 7.39. The molecule has 4 aliphatic heterocycles. The summed E-state index contributed by atoms with van der Waals surface area (Å²) in [5.74, 6) is 1.82. The van der Waals surface area contributed by atoms with Gasteiger partial charge >= 0.3 is 0 Å². The number of aromatic nitrogens is 4. The van der Waals surface area contributed by atoms with Crippen LogP contribution in [0.4, 0.5) is 5.82 Å². The molecule has 0 amide bonds. The van der Waals surface area contributed by atoms with Crippen LogP contribution in [0.5, 0.6) is 11.6 Å². The van der Waals surface area contributed by atoms with E-state index in [-0.39, 0.29) is 5.75 Å². The summed E-state index contributed by atoms with van der Waals surface area (Å²) in [6.07, 6.45) is 8.54. The van der Waals surface area contributed by atoms with Gasteiger partial charge in [0.2, 0.25) is 5.88 Å². The highest BCUT2D eigenvalue weighted by Gasteiger charge is 2.44. The van der Waals surface area contributed by atoms with Gasteiger partial charge in [-0.05, 0) is 30.2 Å². The predicted octanol–water partition coefficient (Wildman–Crippen LogP) is 2.90. The molecular weight excluding hydrogens is 442 g/mol. The van der Waals surface area contributed by atoms with Crippen molar-refractivity contribution in [3.8, 4) is 22.8 Å². The van der Waals surface area contributed by atoms with E-state index >= 15 is 0 Å². The molecule has 8 heterocycles. The van der Waals surface area contributed by atoms with E-state index in [9.17, 15) is 5.11 Å². The summed E-state index contributed by atoms with van der Waals surface area (Å²) >= 11 is 0. The van der Waals surface area contributed by atoms with Crippen molar-refractivity contribution in [1.82, 2.24) is 24.5 Å². The molecule has 0 spiro atoms. The van der Waals surface area contributed by atoms with E-state index in [1.807, 2.05) is 24.7 Å². The molecule has 176 valence electrons. The van der Waals surface area contributed by atoms with Crippen LogP contribution in [0.15, 0.2) is 53.9 Å². The highest BCUT2D eigenvalue weighted by Crippen LogP contribution is 2.37. The topological polar surface area (TPSA) is 91.4 Å². The fraction of sp³-hybridized carbons (Fsp3) is 0.308. The molecule has 0 aromatic carbocycles. The summed E-state index contributed by atoms with van der Waals surface area (Å²) in [5, 5.41) is 14.9. The number of methoxy groups -OCH3 is 1. The smallest absolute Gasteiger partial charge is 0.212 e. The monoisotopic (exact) mass is 467 g/mol. The molecule has 9 nitrogen and oxygen atoms in total. The minimum Gasteiger partial charge on any atom is -0.506 e. The highest BCUT2D eigenvalue weighted by atomic mass is 16.5. The highest BCUT2D eigenvalue weighted by molar-refractivity contribution is 5.99. The van der Waals surface area contributed by atoms with Crippen molar-refractivity contribution in [2.45, 2.75) is 31.6 Å². The Morgan fingerprint density at radius 1 is 1.09 bits per heavy atom. The van der Waals surface area contributed by atoms with Crippen molar-refractivity contribution in [3.63, 3.8) is 0 Å². The molecule has 4 aromatic rings. The number of piperazine rings is 1. The van der Waals surface area contributed by atoms with Crippen LogP contribution >= 0.6 is 0 Å². The maximum absolute atomic E-state index is 10.3. The van der Waals surface area contributed by atoms with Crippen LogP contribution in [0.1, 0.15) is 23.2 Å². The Labute approximate surface area is 202 Å². The maximum Gasteiger partial charge on any atom is 0.212 e. The minimum absolute atomic E-state index is 0.179. The SMILES string of the molecule is COc1ccc(CN2C3CC2CN(c2ccc(-c4cc(O)cn5nc6c(c45)C=NC6)cn2)C3)cn1. The summed E-state index contributed by atoms with van der Waals surface area (Å²) in [4.78, 5) is 18.5. The largest absolute Gasteiger partial charge is 0.506 e. The number of fused-ring (bicyclic) bond motifs is 5. The van der Waals surface area contributed by atoms with E-state index in [4.69, 9.17) is 9.72 Å². The molecular formula is C26H25N7O2. The number of hydrogen-bond donors (Lipinski definition) is 1. The summed E-state index contributed by atoms with van der Waals surface area (Å²) < 4.78 is 6.92. The molecule has 4 aromatic heterocycles.